The Hall–Kier alpha value is -2.90. The standard InChI is InChI=1S/C21H20N4O2S/c1-14-4-6-16(7-5-14)13-25-15(2)12-19(23-25)21-22-20(24-27-21)17-8-10-18(11-9-17)28(3)26/h4-12H,13H2,1-3H3. The minimum absolute atomic E-state index is 0.379. The molecule has 0 amide bonds. The van der Waals surface area contributed by atoms with Crippen molar-refractivity contribution in [3.63, 3.8) is 0 Å². The fourth-order valence-corrected chi connectivity index (χ4v) is 3.40. The fourth-order valence-electron chi connectivity index (χ4n) is 2.88. The summed E-state index contributed by atoms with van der Waals surface area (Å²) < 4.78 is 18.9. The molecule has 7 heteroatoms. The zero-order chi connectivity index (χ0) is 19.7. The van der Waals surface area contributed by atoms with Crippen LogP contribution in [0.1, 0.15) is 16.8 Å². The van der Waals surface area contributed by atoms with E-state index in [1.54, 1.807) is 6.26 Å². The van der Waals surface area contributed by atoms with Crippen LogP contribution in [0.3, 0.4) is 0 Å². The largest absolute Gasteiger partial charge is 0.612 e. The van der Waals surface area contributed by atoms with Crippen LogP contribution in [0.25, 0.3) is 23.0 Å². The summed E-state index contributed by atoms with van der Waals surface area (Å²) in [7, 11) is 0. The molecule has 0 saturated carbocycles. The first-order valence-corrected chi connectivity index (χ1v) is 10.4. The predicted molar refractivity (Wildman–Crippen MR) is 108 cm³/mol. The lowest BCUT2D eigenvalue weighted by atomic mass is 10.1. The van der Waals surface area contributed by atoms with Gasteiger partial charge in [-0.3, -0.25) is 4.68 Å². The smallest absolute Gasteiger partial charge is 0.278 e. The molecule has 0 saturated heterocycles. The highest BCUT2D eigenvalue weighted by Gasteiger charge is 2.16. The van der Waals surface area contributed by atoms with Gasteiger partial charge in [0.05, 0.1) is 6.54 Å². The van der Waals surface area contributed by atoms with Gasteiger partial charge in [0.15, 0.2) is 10.6 Å². The van der Waals surface area contributed by atoms with E-state index in [0.29, 0.717) is 24.0 Å². The van der Waals surface area contributed by atoms with Crippen LogP contribution in [0, 0.1) is 13.8 Å². The first-order valence-electron chi connectivity index (χ1n) is 8.87. The van der Waals surface area contributed by atoms with Gasteiger partial charge >= 0.3 is 0 Å². The highest BCUT2D eigenvalue weighted by Crippen LogP contribution is 2.23. The van der Waals surface area contributed by atoms with Gasteiger partial charge in [-0.2, -0.15) is 10.1 Å². The molecule has 0 radical (unpaired) electrons. The molecule has 0 N–H and O–H groups in total. The van der Waals surface area contributed by atoms with E-state index in [-0.39, 0.29) is 0 Å². The van der Waals surface area contributed by atoms with Crippen LogP contribution in [-0.4, -0.2) is 30.7 Å². The number of aryl methyl sites for hydroxylation is 2. The minimum atomic E-state index is -1.01. The van der Waals surface area contributed by atoms with E-state index in [2.05, 4.69) is 46.4 Å². The van der Waals surface area contributed by atoms with Crippen molar-refractivity contribution in [2.45, 2.75) is 25.3 Å². The van der Waals surface area contributed by atoms with Crippen molar-refractivity contribution < 1.29 is 9.08 Å². The van der Waals surface area contributed by atoms with Crippen molar-refractivity contribution in [2.24, 2.45) is 0 Å². The summed E-state index contributed by atoms with van der Waals surface area (Å²) in [6.07, 6.45) is 1.65. The number of hydrogen-bond donors (Lipinski definition) is 0. The van der Waals surface area contributed by atoms with E-state index in [0.717, 1.165) is 16.2 Å². The predicted octanol–water partition coefficient (Wildman–Crippen LogP) is 4.00. The molecule has 6 nitrogen and oxygen atoms in total. The van der Waals surface area contributed by atoms with Crippen molar-refractivity contribution in [1.29, 1.82) is 0 Å². The molecule has 0 spiro atoms. The summed E-state index contributed by atoms with van der Waals surface area (Å²) in [5, 5.41) is 8.68. The molecule has 0 bridgehead atoms. The molecule has 0 aliphatic carbocycles. The van der Waals surface area contributed by atoms with Crippen molar-refractivity contribution in [1.82, 2.24) is 19.9 Å². The van der Waals surface area contributed by atoms with Gasteiger partial charge in [0.1, 0.15) is 6.26 Å². The molecule has 4 rings (SSSR count). The van der Waals surface area contributed by atoms with Crippen LogP contribution in [0.2, 0.25) is 0 Å². The molecule has 2 aromatic carbocycles. The SMILES string of the molecule is Cc1ccc(Cn2nc(-c3nc(-c4ccc([S+](C)[O-])cc4)no3)cc2C)cc1. The van der Waals surface area contributed by atoms with Crippen LogP contribution in [0.4, 0.5) is 0 Å². The van der Waals surface area contributed by atoms with Crippen LogP contribution >= 0.6 is 0 Å². The topological polar surface area (TPSA) is 79.8 Å². The molecule has 28 heavy (non-hydrogen) atoms. The average Bonchev–Trinajstić information content (AvgIpc) is 3.31. The number of hydrogen-bond acceptors (Lipinski definition) is 5. The number of nitrogens with zero attached hydrogens (tertiary/aromatic N) is 4. The fraction of sp³-hybridized carbons (Fsp3) is 0.190. The third-order valence-corrected chi connectivity index (χ3v) is 5.46. The Bertz CT molecular complexity index is 1080. The Morgan fingerprint density at radius 3 is 2.43 bits per heavy atom. The Morgan fingerprint density at radius 1 is 1.04 bits per heavy atom. The molecule has 0 fully saturated rings. The Labute approximate surface area is 166 Å². The first kappa shape index (κ1) is 18.5. The summed E-state index contributed by atoms with van der Waals surface area (Å²) >= 11 is -1.01. The lowest BCUT2D eigenvalue weighted by Gasteiger charge is -2.04. The Kier molecular flexibility index (Phi) is 5.02. The summed E-state index contributed by atoms with van der Waals surface area (Å²) in [5.41, 5.74) is 4.89. The van der Waals surface area contributed by atoms with Crippen LogP contribution < -0.4 is 0 Å². The Balaban J connectivity index is 1.56. The summed E-state index contributed by atoms with van der Waals surface area (Å²) in [6, 6.07) is 17.6. The molecule has 1 unspecified atom stereocenters. The number of benzene rings is 2. The highest BCUT2D eigenvalue weighted by atomic mass is 32.2. The zero-order valence-electron chi connectivity index (χ0n) is 15.9. The molecule has 0 aliphatic heterocycles. The van der Waals surface area contributed by atoms with Gasteiger partial charge in [0.25, 0.3) is 5.89 Å². The van der Waals surface area contributed by atoms with Gasteiger partial charge in [-0.15, -0.1) is 0 Å². The molecule has 2 aromatic heterocycles. The molecule has 0 aliphatic rings. The van der Waals surface area contributed by atoms with Gasteiger partial charge in [-0.1, -0.05) is 35.0 Å². The third-order valence-electron chi connectivity index (χ3n) is 4.52. The van der Waals surface area contributed by atoms with E-state index in [9.17, 15) is 4.55 Å². The van der Waals surface area contributed by atoms with Crippen molar-refractivity contribution in [2.75, 3.05) is 6.26 Å². The van der Waals surface area contributed by atoms with E-state index < -0.39 is 11.2 Å². The first-order chi connectivity index (χ1) is 13.5. The van der Waals surface area contributed by atoms with E-state index >= 15 is 0 Å². The van der Waals surface area contributed by atoms with Crippen molar-refractivity contribution in [3.05, 3.63) is 71.4 Å². The number of rotatable bonds is 5. The van der Waals surface area contributed by atoms with Gasteiger partial charge < -0.3 is 9.08 Å². The summed E-state index contributed by atoms with van der Waals surface area (Å²) in [4.78, 5) is 5.23. The van der Waals surface area contributed by atoms with Crippen LogP contribution in [0.5, 0.6) is 0 Å². The second-order valence-corrected chi connectivity index (χ2v) is 8.10. The number of aromatic nitrogens is 4. The Morgan fingerprint density at radius 2 is 1.75 bits per heavy atom. The molecular weight excluding hydrogens is 372 g/mol. The van der Waals surface area contributed by atoms with Gasteiger partial charge in [-0.05, 0) is 60.9 Å². The molecule has 142 valence electrons. The average molecular weight is 392 g/mol. The lowest BCUT2D eigenvalue weighted by Crippen LogP contribution is -2.03. The van der Waals surface area contributed by atoms with Gasteiger partial charge in [0.2, 0.25) is 5.82 Å². The summed E-state index contributed by atoms with van der Waals surface area (Å²) in [5.74, 6) is 0.859. The molecule has 2 heterocycles. The maximum Gasteiger partial charge on any atom is 0.278 e. The van der Waals surface area contributed by atoms with E-state index in [1.165, 1.54) is 11.1 Å². The van der Waals surface area contributed by atoms with E-state index in [1.807, 2.05) is 41.9 Å². The molecular formula is C21H20N4O2S. The lowest BCUT2D eigenvalue weighted by molar-refractivity contribution is 0.430. The van der Waals surface area contributed by atoms with Crippen molar-refractivity contribution >= 4 is 11.2 Å². The maximum absolute atomic E-state index is 11.5. The second kappa shape index (κ2) is 7.61. The third kappa shape index (κ3) is 3.85. The monoisotopic (exact) mass is 392 g/mol. The van der Waals surface area contributed by atoms with Gasteiger partial charge in [0, 0.05) is 11.3 Å². The quantitative estimate of drug-likeness (QED) is 0.480. The minimum Gasteiger partial charge on any atom is -0.612 e. The van der Waals surface area contributed by atoms with Crippen LogP contribution in [0.15, 0.2) is 64.0 Å². The maximum atomic E-state index is 11.5. The van der Waals surface area contributed by atoms with Crippen LogP contribution in [-0.2, 0) is 17.7 Å². The zero-order valence-corrected chi connectivity index (χ0v) is 16.7. The highest BCUT2D eigenvalue weighted by molar-refractivity contribution is 7.90. The van der Waals surface area contributed by atoms with Crippen molar-refractivity contribution in [3.8, 4) is 23.0 Å². The summed E-state index contributed by atoms with van der Waals surface area (Å²) in [6.45, 7) is 4.76. The second-order valence-electron chi connectivity index (χ2n) is 6.72. The van der Waals surface area contributed by atoms with E-state index in [4.69, 9.17) is 4.52 Å². The molecule has 1 atom stereocenters. The molecule has 4 aromatic rings. The normalized spacial score (nSPS) is 12.3. The van der Waals surface area contributed by atoms with Gasteiger partial charge in [-0.25, -0.2) is 0 Å².